The highest BCUT2D eigenvalue weighted by atomic mass is 32.2. The Hall–Kier alpha value is -0.950. The first-order chi connectivity index (χ1) is 10.1. The Morgan fingerprint density at radius 3 is 2.62 bits per heavy atom. The van der Waals surface area contributed by atoms with Gasteiger partial charge < -0.3 is 5.11 Å². The van der Waals surface area contributed by atoms with Crippen LogP contribution in [-0.2, 0) is 16.6 Å². The number of thiophene rings is 1. The maximum Gasteiger partial charge on any atom is 0.242 e. The van der Waals surface area contributed by atoms with Gasteiger partial charge in [0.25, 0.3) is 0 Å². The minimum Gasteiger partial charge on any atom is -0.391 e. The molecule has 2 aromatic rings. The van der Waals surface area contributed by atoms with Gasteiger partial charge in [0, 0.05) is 16.1 Å². The van der Waals surface area contributed by atoms with Gasteiger partial charge >= 0.3 is 0 Å². The van der Waals surface area contributed by atoms with Crippen molar-refractivity contribution in [1.82, 2.24) is 4.72 Å². The van der Waals surface area contributed by atoms with E-state index < -0.39 is 10.0 Å². The molecule has 0 bridgehead atoms. The number of sulfonamides is 1. The van der Waals surface area contributed by atoms with Gasteiger partial charge in [-0.25, -0.2) is 13.1 Å². The first-order valence-electron chi connectivity index (χ1n) is 7.25. The van der Waals surface area contributed by atoms with Gasteiger partial charge in [0.1, 0.15) is 4.90 Å². The molecular weight excluding hydrogens is 306 g/mol. The Kier molecular flexibility index (Phi) is 4.31. The van der Waals surface area contributed by atoms with Crippen molar-refractivity contribution in [2.24, 2.45) is 0 Å². The van der Waals surface area contributed by atoms with E-state index in [0.29, 0.717) is 10.3 Å². The third-order valence-electron chi connectivity index (χ3n) is 3.96. The van der Waals surface area contributed by atoms with Crippen LogP contribution in [0.5, 0.6) is 0 Å². The minimum absolute atomic E-state index is 0.0222. The Bertz CT molecular complexity index is 730. The van der Waals surface area contributed by atoms with Crippen LogP contribution < -0.4 is 4.72 Å². The Morgan fingerprint density at radius 1 is 1.19 bits per heavy atom. The summed E-state index contributed by atoms with van der Waals surface area (Å²) in [4.78, 5) is 0.774. The molecular formula is C15H19NO3S2. The van der Waals surface area contributed by atoms with Gasteiger partial charge in [-0.3, -0.25) is 0 Å². The summed E-state index contributed by atoms with van der Waals surface area (Å²) >= 11 is 1.34. The van der Waals surface area contributed by atoms with Crippen LogP contribution in [0.1, 0.15) is 37.0 Å². The van der Waals surface area contributed by atoms with E-state index in [-0.39, 0.29) is 17.5 Å². The number of aliphatic hydroxyl groups is 1. The van der Waals surface area contributed by atoms with E-state index >= 15 is 0 Å². The van der Waals surface area contributed by atoms with E-state index in [2.05, 4.69) is 4.72 Å². The smallest absolute Gasteiger partial charge is 0.242 e. The first-order valence-corrected chi connectivity index (χ1v) is 9.55. The van der Waals surface area contributed by atoms with E-state index in [1.165, 1.54) is 17.8 Å². The summed E-state index contributed by atoms with van der Waals surface area (Å²) in [7, 11) is -3.59. The van der Waals surface area contributed by atoms with Crippen molar-refractivity contribution < 1.29 is 13.5 Å². The predicted octanol–water partition coefficient (Wildman–Crippen LogP) is 3.00. The predicted molar refractivity (Wildman–Crippen MR) is 84.9 cm³/mol. The zero-order chi connectivity index (χ0) is 14.9. The van der Waals surface area contributed by atoms with Gasteiger partial charge in [0.05, 0.1) is 11.5 Å². The molecule has 0 spiro atoms. The van der Waals surface area contributed by atoms with E-state index in [1.807, 2.05) is 18.2 Å². The van der Waals surface area contributed by atoms with Crippen LogP contribution in [0.25, 0.3) is 10.1 Å². The van der Waals surface area contributed by atoms with Gasteiger partial charge in [-0.15, -0.1) is 11.3 Å². The van der Waals surface area contributed by atoms with Crippen LogP contribution in [0, 0.1) is 0 Å². The number of fused-ring (bicyclic) bond motifs is 1. The lowest BCUT2D eigenvalue weighted by molar-refractivity contribution is 0.282. The van der Waals surface area contributed by atoms with E-state index in [0.717, 1.165) is 30.4 Å². The zero-order valence-electron chi connectivity index (χ0n) is 11.7. The number of hydrogen-bond donors (Lipinski definition) is 2. The summed E-state index contributed by atoms with van der Waals surface area (Å²) in [6.45, 7) is -0.250. The normalized spacial score (nSPS) is 17.4. The molecule has 0 saturated heterocycles. The molecule has 21 heavy (non-hydrogen) atoms. The number of rotatable bonds is 4. The van der Waals surface area contributed by atoms with Crippen molar-refractivity contribution in [3.05, 3.63) is 29.1 Å². The second-order valence-electron chi connectivity index (χ2n) is 5.46. The molecule has 0 unspecified atom stereocenters. The van der Waals surface area contributed by atoms with E-state index in [4.69, 9.17) is 0 Å². The van der Waals surface area contributed by atoms with Crippen LogP contribution in [0.2, 0.25) is 0 Å². The number of nitrogens with one attached hydrogen (secondary N) is 1. The molecule has 0 aliphatic heterocycles. The topological polar surface area (TPSA) is 66.4 Å². The van der Waals surface area contributed by atoms with Crippen LogP contribution >= 0.6 is 11.3 Å². The number of benzene rings is 1. The van der Waals surface area contributed by atoms with Crippen molar-refractivity contribution in [3.8, 4) is 0 Å². The second kappa shape index (κ2) is 6.04. The monoisotopic (exact) mass is 325 g/mol. The highest BCUT2D eigenvalue weighted by molar-refractivity contribution is 7.90. The molecule has 6 heteroatoms. The fourth-order valence-corrected chi connectivity index (χ4v) is 6.07. The van der Waals surface area contributed by atoms with E-state index in [9.17, 15) is 13.5 Å². The molecule has 1 aromatic heterocycles. The SMILES string of the molecule is O=S(=O)(NC1CCCCC1)c1c(CO)sc2ccccc12. The fraction of sp³-hybridized carbons (Fsp3) is 0.467. The lowest BCUT2D eigenvalue weighted by atomic mass is 9.96. The summed E-state index contributed by atoms with van der Waals surface area (Å²) in [6, 6.07) is 7.42. The van der Waals surface area contributed by atoms with Gasteiger partial charge in [0.15, 0.2) is 0 Å². The molecule has 1 aliphatic carbocycles. The van der Waals surface area contributed by atoms with Crippen molar-refractivity contribution >= 4 is 31.4 Å². The van der Waals surface area contributed by atoms with Gasteiger partial charge in [-0.2, -0.15) is 0 Å². The molecule has 1 saturated carbocycles. The lowest BCUT2D eigenvalue weighted by Crippen LogP contribution is -2.36. The Morgan fingerprint density at radius 2 is 1.90 bits per heavy atom. The molecule has 2 N–H and O–H groups in total. The van der Waals surface area contributed by atoms with E-state index in [1.54, 1.807) is 6.07 Å². The highest BCUT2D eigenvalue weighted by Gasteiger charge is 2.27. The summed E-state index contributed by atoms with van der Waals surface area (Å²) in [5.41, 5.74) is 0. The summed E-state index contributed by atoms with van der Waals surface area (Å²) in [5.74, 6) is 0. The molecule has 1 fully saturated rings. The molecule has 0 amide bonds. The largest absolute Gasteiger partial charge is 0.391 e. The highest BCUT2D eigenvalue weighted by Crippen LogP contribution is 2.35. The summed E-state index contributed by atoms with van der Waals surface area (Å²) < 4.78 is 29.2. The van der Waals surface area contributed by atoms with Crippen LogP contribution in [0.3, 0.4) is 0 Å². The summed E-state index contributed by atoms with van der Waals surface area (Å²) in [5, 5.41) is 10.2. The molecule has 3 rings (SSSR count). The Balaban J connectivity index is 2.01. The van der Waals surface area contributed by atoms with Crippen LogP contribution in [-0.4, -0.2) is 19.6 Å². The van der Waals surface area contributed by atoms with Gasteiger partial charge in [0.2, 0.25) is 10.0 Å². The molecule has 0 atom stereocenters. The molecule has 4 nitrogen and oxygen atoms in total. The molecule has 1 aliphatic rings. The quantitative estimate of drug-likeness (QED) is 0.908. The minimum atomic E-state index is -3.59. The average molecular weight is 325 g/mol. The van der Waals surface area contributed by atoms with Crippen LogP contribution in [0.15, 0.2) is 29.2 Å². The number of hydrogen-bond acceptors (Lipinski definition) is 4. The average Bonchev–Trinajstić information content (AvgIpc) is 2.87. The third-order valence-corrected chi connectivity index (χ3v) is 6.89. The van der Waals surface area contributed by atoms with Crippen molar-refractivity contribution in [2.45, 2.75) is 49.6 Å². The maximum absolute atomic E-state index is 12.7. The maximum atomic E-state index is 12.7. The molecule has 114 valence electrons. The van der Waals surface area contributed by atoms with Crippen molar-refractivity contribution in [1.29, 1.82) is 0 Å². The standard InChI is InChI=1S/C15H19NO3S2/c17-10-14-15(12-8-4-5-9-13(12)20-14)21(18,19)16-11-6-2-1-3-7-11/h4-5,8-9,11,16-17H,1-3,6-7,10H2. The fourth-order valence-electron chi connectivity index (χ4n) is 2.97. The van der Waals surface area contributed by atoms with Crippen molar-refractivity contribution in [3.63, 3.8) is 0 Å². The van der Waals surface area contributed by atoms with Gasteiger partial charge in [-0.05, 0) is 18.9 Å². The van der Waals surface area contributed by atoms with Crippen molar-refractivity contribution in [2.75, 3.05) is 0 Å². The first kappa shape index (κ1) is 15.0. The lowest BCUT2D eigenvalue weighted by Gasteiger charge is -2.22. The van der Waals surface area contributed by atoms with Crippen LogP contribution in [0.4, 0.5) is 0 Å². The molecule has 1 aromatic carbocycles. The second-order valence-corrected chi connectivity index (χ2v) is 8.25. The number of aliphatic hydroxyl groups excluding tert-OH is 1. The third kappa shape index (κ3) is 2.99. The summed E-state index contributed by atoms with van der Waals surface area (Å²) in [6.07, 6.45) is 5.13. The Labute approximate surface area is 128 Å². The van der Waals surface area contributed by atoms with Gasteiger partial charge in [-0.1, -0.05) is 37.5 Å². The molecule has 0 radical (unpaired) electrons. The molecule has 1 heterocycles. The zero-order valence-corrected chi connectivity index (χ0v) is 13.3.